The van der Waals surface area contributed by atoms with Gasteiger partial charge in [-0.2, -0.15) is 0 Å². The first kappa shape index (κ1) is 23.2. The van der Waals surface area contributed by atoms with E-state index in [0.29, 0.717) is 15.0 Å². The van der Waals surface area contributed by atoms with E-state index in [-0.39, 0.29) is 6.10 Å². The van der Waals surface area contributed by atoms with E-state index in [2.05, 4.69) is 77.8 Å². The van der Waals surface area contributed by atoms with Crippen LogP contribution in [0.15, 0.2) is 79.4 Å². The summed E-state index contributed by atoms with van der Waals surface area (Å²) in [5.41, 5.74) is 1.27. The van der Waals surface area contributed by atoms with Gasteiger partial charge in [-0.15, -0.1) is 0 Å². The summed E-state index contributed by atoms with van der Waals surface area (Å²) in [6, 6.07) is 21.3. The maximum Gasteiger partial charge on any atom is 0.673 e. The number of imidazole rings is 1. The van der Waals surface area contributed by atoms with Crippen molar-refractivity contribution in [2.45, 2.75) is 18.0 Å². The summed E-state index contributed by atoms with van der Waals surface area (Å²) in [6.45, 7) is 1.60. The predicted molar refractivity (Wildman–Crippen MR) is 108 cm³/mol. The van der Waals surface area contributed by atoms with Gasteiger partial charge in [-0.1, -0.05) is 0 Å². The quantitative estimate of drug-likeness (QED) is 0.277. The Labute approximate surface area is 174 Å². The maximum atomic E-state index is 9.75. The fraction of sp³-hybridized carbons (Fsp3) is 0.250. The Balaban J connectivity index is 0.000000537. The molecule has 0 bridgehead atoms. The van der Waals surface area contributed by atoms with Gasteiger partial charge in [-0.3, -0.25) is 0 Å². The van der Waals surface area contributed by atoms with Crippen LogP contribution in [0.4, 0.5) is 17.3 Å². The number of hydrogen-bond acceptors (Lipinski definition) is 1. The summed E-state index contributed by atoms with van der Waals surface area (Å²) in [5, 5.41) is 1.06. The van der Waals surface area contributed by atoms with Gasteiger partial charge in [0.1, 0.15) is 0 Å². The zero-order valence-corrected chi connectivity index (χ0v) is 17.7. The number of halogens is 4. The average molecular weight is 473 g/mol. The topological polar surface area (TPSA) is 18.0 Å². The number of ether oxygens (including phenoxy) is 1. The molecule has 1 heterocycles. The minimum atomic E-state index is -6.00. The van der Waals surface area contributed by atoms with Gasteiger partial charge in [0, 0.05) is 0 Å². The molecule has 1 unspecified atom stereocenters. The van der Waals surface area contributed by atoms with Crippen LogP contribution >= 0.6 is 0 Å². The van der Waals surface area contributed by atoms with Crippen molar-refractivity contribution in [1.29, 1.82) is 0 Å². The molecule has 9 heteroatoms. The van der Waals surface area contributed by atoms with Crippen molar-refractivity contribution >= 4 is 26.7 Å². The molecule has 2 aromatic carbocycles. The smallest absolute Gasteiger partial charge is 0.418 e. The Morgan fingerprint density at radius 2 is 1.59 bits per heavy atom. The molecule has 0 aliphatic carbocycles. The molecule has 0 radical (unpaired) electrons. The van der Waals surface area contributed by atoms with Gasteiger partial charge in [-0.05, 0) is 0 Å². The summed E-state index contributed by atoms with van der Waals surface area (Å²) >= 11 is 0.418. The first-order valence-electron chi connectivity index (χ1n) is 9.04. The number of rotatable bonds is 8. The summed E-state index contributed by atoms with van der Waals surface area (Å²) in [6.07, 6.45) is 6.37. The van der Waals surface area contributed by atoms with Gasteiger partial charge < -0.3 is 17.3 Å². The molecule has 156 valence electrons. The normalized spacial score (nSPS) is 12.2. The van der Waals surface area contributed by atoms with Gasteiger partial charge in [0.15, 0.2) is 0 Å². The monoisotopic (exact) mass is 474 g/mol. The number of aryl methyl sites for hydroxylation is 1. The largest absolute Gasteiger partial charge is 0.673 e. The molecule has 0 saturated heterocycles. The van der Waals surface area contributed by atoms with Crippen molar-refractivity contribution < 1.29 is 26.6 Å². The molecule has 0 amide bonds. The van der Waals surface area contributed by atoms with Crippen LogP contribution in [0.2, 0.25) is 5.32 Å². The third-order valence-electron chi connectivity index (χ3n) is 3.81. The van der Waals surface area contributed by atoms with Gasteiger partial charge >= 0.3 is 157 Å². The van der Waals surface area contributed by atoms with Gasteiger partial charge in [-0.25, -0.2) is 0 Å². The zero-order valence-electron chi connectivity index (χ0n) is 16.0. The fourth-order valence-electron chi connectivity index (χ4n) is 2.53. The molecular formula is C20H23BF4N2OSe. The van der Waals surface area contributed by atoms with E-state index in [9.17, 15) is 17.3 Å². The Bertz CT molecular complexity index is 825. The Kier molecular flexibility index (Phi) is 9.44. The third kappa shape index (κ3) is 10.3. The van der Waals surface area contributed by atoms with Crippen molar-refractivity contribution in [2.75, 3.05) is 6.61 Å². The van der Waals surface area contributed by atoms with E-state index in [4.69, 9.17) is 4.74 Å². The van der Waals surface area contributed by atoms with Gasteiger partial charge in [0.05, 0.1) is 0 Å². The fourth-order valence-corrected chi connectivity index (χ4v) is 4.59. The van der Waals surface area contributed by atoms with Crippen LogP contribution in [0.3, 0.4) is 0 Å². The first-order valence-corrected chi connectivity index (χ1v) is 11.1. The second-order valence-electron chi connectivity index (χ2n) is 6.21. The molecule has 3 aromatic rings. The minimum Gasteiger partial charge on any atom is -0.418 e. The molecule has 3 nitrogen and oxygen atoms in total. The van der Waals surface area contributed by atoms with Crippen molar-refractivity contribution in [3.8, 4) is 0 Å². The van der Waals surface area contributed by atoms with Crippen LogP contribution < -0.4 is 9.03 Å². The standard InChI is InChI=1S/C20H23N2OSe.BF4/c1-21-12-13-22(17-21)14-15-23-20(18-8-4-2-5-9-18)16-24-19-10-6-3-7-11-19;2-1(3,4)5/h2-13,17,20H,14-16H2,1H3;/q+1;-1. The second-order valence-corrected chi connectivity index (χ2v) is 8.50. The van der Waals surface area contributed by atoms with Gasteiger partial charge in [0.25, 0.3) is 0 Å². The van der Waals surface area contributed by atoms with E-state index in [1.54, 1.807) is 0 Å². The molecule has 0 aliphatic rings. The second kappa shape index (κ2) is 11.8. The molecule has 0 fully saturated rings. The Hall–Kier alpha value is -2.09. The van der Waals surface area contributed by atoms with Crippen molar-refractivity contribution in [3.63, 3.8) is 0 Å². The van der Waals surface area contributed by atoms with E-state index in [1.807, 2.05) is 17.8 Å². The summed E-state index contributed by atoms with van der Waals surface area (Å²) in [4.78, 5) is 0. The molecule has 0 spiro atoms. The number of hydrogen-bond donors (Lipinski definition) is 0. The van der Waals surface area contributed by atoms with E-state index < -0.39 is 7.25 Å². The van der Waals surface area contributed by atoms with E-state index in [1.165, 1.54) is 10.0 Å². The van der Waals surface area contributed by atoms with Crippen LogP contribution in [-0.4, -0.2) is 33.4 Å². The molecule has 1 atom stereocenters. The summed E-state index contributed by atoms with van der Waals surface area (Å²) in [5.74, 6) is 0. The molecule has 0 aliphatic heterocycles. The van der Waals surface area contributed by atoms with Crippen LogP contribution in [0.5, 0.6) is 0 Å². The summed E-state index contributed by atoms with van der Waals surface area (Å²) in [7, 11) is -3.97. The number of nitrogens with zero attached hydrogens (tertiary/aromatic N) is 2. The van der Waals surface area contributed by atoms with Crippen LogP contribution in [-0.2, 0) is 18.3 Å². The SMILES string of the molecule is C[n+]1ccn(CCOC(C[Se]c2ccccc2)c2ccccc2)c1.F[B-](F)(F)F. The van der Waals surface area contributed by atoms with E-state index >= 15 is 0 Å². The number of benzene rings is 2. The third-order valence-corrected chi connectivity index (χ3v) is 6.06. The van der Waals surface area contributed by atoms with Gasteiger partial charge in [0.2, 0.25) is 0 Å². The molecular weight excluding hydrogens is 450 g/mol. The van der Waals surface area contributed by atoms with Crippen molar-refractivity contribution in [3.05, 3.63) is 84.9 Å². The molecule has 0 saturated carbocycles. The van der Waals surface area contributed by atoms with Crippen molar-refractivity contribution in [2.24, 2.45) is 7.05 Å². The predicted octanol–water partition coefficient (Wildman–Crippen LogP) is 3.82. The average Bonchev–Trinajstić information content (AvgIpc) is 3.10. The first-order chi connectivity index (χ1) is 13.8. The minimum absolute atomic E-state index is 0.163. The molecule has 3 rings (SSSR count). The Morgan fingerprint density at radius 3 is 2.14 bits per heavy atom. The molecule has 29 heavy (non-hydrogen) atoms. The number of aromatic nitrogens is 2. The van der Waals surface area contributed by atoms with E-state index in [0.717, 1.165) is 18.5 Å². The molecule has 1 aromatic heterocycles. The molecule has 0 N–H and O–H groups in total. The summed E-state index contributed by atoms with van der Waals surface area (Å²) < 4.78 is 50.9. The van der Waals surface area contributed by atoms with Crippen LogP contribution in [0, 0.1) is 0 Å². The van der Waals surface area contributed by atoms with Crippen LogP contribution in [0.25, 0.3) is 0 Å². The maximum absolute atomic E-state index is 9.75. The zero-order chi connectivity index (χ0) is 21.1. The Morgan fingerprint density at radius 1 is 1.00 bits per heavy atom. The van der Waals surface area contributed by atoms with Crippen molar-refractivity contribution in [1.82, 2.24) is 4.57 Å². The van der Waals surface area contributed by atoms with Crippen LogP contribution in [0.1, 0.15) is 11.7 Å².